The molecule has 0 saturated carbocycles. The molecule has 1 amide bonds. The van der Waals surface area contributed by atoms with E-state index >= 15 is 0 Å². The van der Waals surface area contributed by atoms with Crippen LogP contribution in [0.3, 0.4) is 0 Å². The number of rotatable bonds is 2. The Morgan fingerprint density at radius 1 is 1.42 bits per heavy atom. The minimum atomic E-state index is -0.904. The van der Waals surface area contributed by atoms with Gasteiger partial charge in [-0.3, -0.25) is 4.79 Å². The maximum atomic E-state index is 12.5. The summed E-state index contributed by atoms with van der Waals surface area (Å²) in [5.41, 5.74) is 0.315. The Balaban J connectivity index is 2.26. The first-order chi connectivity index (χ1) is 8.80. The van der Waals surface area contributed by atoms with Crippen molar-refractivity contribution >= 4 is 5.91 Å². The van der Waals surface area contributed by atoms with E-state index in [1.54, 1.807) is 37.8 Å². The lowest BCUT2D eigenvalue weighted by Crippen LogP contribution is -2.48. The number of aryl methyl sites for hydroxylation is 1. The zero-order valence-electron chi connectivity index (χ0n) is 11.7. The van der Waals surface area contributed by atoms with Crippen LogP contribution in [0.4, 0.5) is 0 Å². The van der Waals surface area contributed by atoms with Crippen molar-refractivity contribution in [3.63, 3.8) is 0 Å². The summed E-state index contributed by atoms with van der Waals surface area (Å²) in [4.78, 5) is 14.2. The summed E-state index contributed by atoms with van der Waals surface area (Å²) in [6, 6.07) is 4.79. The van der Waals surface area contributed by atoms with Crippen molar-refractivity contribution in [2.45, 2.75) is 45.3 Å². The predicted octanol–water partition coefficient (Wildman–Crippen LogP) is 2.08. The molecule has 1 fully saturated rings. The van der Waals surface area contributed by atoms with E-state index in [0.29, 0.717) is 12.1 Å². The average molecular weight is 263 g/mol. The fraction of sp³-hybridized carbons (Fsp3) is 0.533. The lowest BCUT2D eigenvalue weighted by atomic mass is 9.96. The lowest BCUT2D eigenvalue weighted by Gasteiger charge is -2.33. The number of amides is 1. The van der Waals surface area contributed by atoms with Crippen molar-refractivity contribution in [2.75, 3.05) is 6.54 Å². The largest absolute Gasteiger partial charge is 0.508 e. The lowest BCUT2D eigenvalue weighted by molar-refractivity contribution is 0.000328. The highest BCUT2D eigenvalue weighted by molar-refractivity contribution is 5.95. The van der Waals surface area contributed by atoms with E-state index < -0.39 is 5.60 Å². The molecule has 0 radical (unpaired) electrons. The van der Waals surface area contributed by atoms with Gasteiger partial charge in [-0.25, -0.2) is 0 Å². The van der Waals surface area contributed by atoms with E-state index in [1.165, 1.54) is 6.07 Å². The summed E-state index contributed by atoms with van der Waals surface area (Å²) in [7, 11) is 0. The molecule has 1 unspecified atom stereocenters. The summed E-state index contributed by atoms with van der Waals surface area (Å²) >= 11 is 0. The van der Waals surface area contributed by atoms with Crippen LogP contribution in [-0.4, -0.2) is 39.2 Å². The summed E-state index contributed by atoms with van der Waals surface area (Å²) in [5, 5.41) is 19.8. The standard InChI is InChI=1S/C15H21NO3/c1-10-6-7-11(9-12(10)17)14(18)16-8-4-5-13(16)15(2,3)19/h6-7,9,13,17,19H,4-5,8H2,1-3H3. The Morgan fingerprint density at radius 3 is 2.68 bits per heavy atom. The first-order valence-electron chi connectivity index (χ1n) is 6.63. The van der Waals surface area contributed by atoms with Gasteiger partial charge in [-0.2, -0.15) is 0 Å². The topological polar surface area (TPSA) is 60.8 Å². The minimum Gasteiger partial charge on any atom is -0.508 e. The molecule has 0 aromatic heterocycles. The van der Waals surface area contributed by atoms with E-state index in [2.05, 4.69) is 0 Å². The summed E-state index contributed by atoms with van der Waals surface area (Å²) < 4.78 is 0. The number of phenolic OH excluding ortho intramolecular Hbond substituents is 1. The molecule has 0 spiro atoms. The quantitative estimate of drug-likeness (QED) is 0.858. The van der Waals surface area contributed by atoms with Crippen LogP contribution >= 0.6 is 0 Å². The molecule has 0 bridgehead atoms. The number of aromatic hydroxyl groups is 1. The molecule has 1 aliphatic heterocycles. The van der Waals surface area contributed by atoms with E-state index in [-0.39, 0.29) is 17.7 Å². The second kappa shape index (κ2) is 4.85. The van der Waals surface area contributed by atoms with E-state index in [4.69, 9.17) is 0 Å². The van der Waals surface area contributed by atoms with E-state index in [9.17, 15) is 15.0 Å². The van der Waals surface area contributed by atoms with Gasteiger partial charge in [0, 0.05) is 12.1 Å². The predicted molar refractivity (Wildman–Crippen MR) is 73.2 cm³/mol. The number of hydrogen-bond donors (Lipinski definition) is 2. The zero-order valence-corrected chi connectivity index (χ0v) is 11.7. The van der Waals surface area contributed by atoms with Crippen LogP contribution in [0, 0.1) is 6.92 Å². The van der Waals surface area contributed by atoms with Crippen LogP contribution in [0.25, 0.3) is 0 Å². The highest BCUT2D eigenvalue weighted by atomic mass is 16.3. The minimum absolute atomic E-state index is 0.125. The molecule has 1 aromatic carbocycles. The van der Waals surface area contributed by atoms with E-state index in [0.717, 1.165) is 18.4 Å². The molecule has 2 N–H and O–H groups in total. The fourth-order valence-electron chi connectivity index (χ4n) is 2.65. The number of likely N-dealkylation sites (tertiary alicyclic amines) is 1. The number of benzene rings is 1. The maximum Gasteiger partial charge on any atom is 0.254 e. The molecule has 1 heterocycles. The second-order valence-corrected chi connectivity index (χ2v) is 5.81. The molecule has 104 valence electrons. The van der Waals surface area contributed by atoms with Crippen LogP contribution in [0.1, 0.15) is 42.6 Å². The molecule has 1 aromatic rings. The number of carbonyl (C=O) groups is 1. The Labute approximate surface area is 113 Å². The van der Waals surface area contributed by atoms with Crippen molar-refractivity contribution in [1.29, 1.82) is 0 Å². The van der Waals surface area contributed by atoms with Crippen LogP contribution in [0.2, 0.25) is 0 Å². The van der Waals surface area contributed by atoms with Crippen LogP contribution < -0.4 is 0 Å². The Kier molecular flexibility index (Phi) is 3.54. The molecule has 4 nitrogen and oxygen atoms in total. The molecule has 4 heteroatoms. The van der Waals surface area contributed by atoms with Crippen molar-refractivity contribution in [1.82, 2.24) is 4.90 Å². The van der Waals surface area contributed by atoms with Crippen molar-refractivity contribution in [3.05, 3.63) is 29.3 Å². The third-order valence-electron chi connectivity index (χ3n) is 3.79. The van der Waals surface area contributed by atoms with Gasteiger partial charge in [0.1, 0.15) is 5.75 Å². The Morgan fingerprint density at radius 2 is 2.11 bits per heavy atom. The van der Waals surface area contributed by atoms with Gasteiger partial charge in [0.05, 0.1) is 11.6 Å². The third-order valence-corrected chi connectivity index (χ3v) is 3.79. The third kappa shape index (κ3) is 2.73. The molecule has 1 aliphatic rings. The highest BCUT2D eigenvalue weighted by Crippen LogP contribution is 2.29. The summed E-state index contributed by atoms with van der Waals surface area (Å²) in [6.45, 7) is 5.91. The molecular formula is C15H21NO3. The van der Waals surface area contributed by atoms with Gasteiger partial charge in [-0.05, 0) is 51.3 Å². The van der Waals surface area contributed by atoms with Crippen LogP contribution in [-0.2, 0) is 0 Å². The summed E-state index contributed by atoms with van der Waals surface area (Å²) in [6.07, 6.45) is 1.71. The molecule has 19 heavy (non-hydrogen) atoms. The second-order valence-electron chi connectivity index (χ2n) is 5.81. The van der Waals surface area contributed by atoms with Crippen LogP contribution in [0.5, 0.6) is 5.75 Å². The first-order valence-corrected chi connectivity index (χ1v) is 6.63. The van der Waals surface area contributed by atoms with Gasteiger partial charge >= 0.3 is 0 Å². The molecule has 2 rings (SSSR count). The SMILES string of the molecule is Cc1ccc(C(=O)N2CCCC2C(C)(C)O)cc1O. The van der Waals surface area contributed by atoms with Gasteiger partial charge in [0.25, 0.3) is 5.91 Å². The molecule has 1 atom stereocenters. The smallest absolute Gasteiger partial charge is 0.254 e. The van der Waals surface area contributed by atoms with Gasteiger partial charge in [0.2, 0.25) is 0 Å². The zero-order chi connectivity index (χ0) is 14.2. The molecule has 0 aliphatic carbocycles. The van der Waals surface area contributed by atoms with Gasteiger partial charge in [-0.15, -0.1) is 0 Å². The normalized spacial score (nSPS) is 19.8. The monoisotopic (exact) mass is 263 g/mol. The van der Waals surface area contributed by atoms with Crippen molar-refractivity contribution in [3.8, 4) is 5.75 Å². The first kappa shape index (κ1) is 13.9. The molecule has 1 saturated heterocycles. The van der Waals surface area contributed by atoms with Gasteiger partial charge in [-0.1, -0.05) is 6.07 Å². The average Bonchev–Trinajstić information content (AvgIpc) is 2.80. The van der Waals surface area contributed by atoms with Gasteiger partial charge < -0.3 is 15.1 Å². The Hall–Kier alpha value is -1.55. The number of nitrogens with zero attached hydrogens (tertiary/aromatic N) is 1. The maximum absolute atomic E-state index is 12.5. The van der Waals surface area contributed by atoms with Crippen molar-refractivity contribution < 1.29 is 15.0 Å². The van der Waals surface area contributed by atoms with Crippen LogP contribution in [0.15, 0.2) is 18.2 Å². The number of carbonyl (C=O) groups excluding carboxylic acids is 1. The van der Waals surface area contributed by atoms with Crippen molar-refractivity contribution in [2.24, 2.45) is 0 Å². The number of aliphatic hydroxyl groups is 1. The number of hydrogen-bond acceptors (Lipinski definition) is 3. The highest BCUT2D eigenvalue weighted by Gasteiger charge is 2.38. The molecular weight excluding hydrogens is 242 g/mol. The Bertz CT molecular complexity index is 491. The number of phenols is 1. The van der Waals surface area contributed by atoms with E-state index in [1.807, 2.05) is 0 Å². The van der Waals surface area contributed by atoms with Gasteiger partial charge in [0.15, 0.2) is 0 Å². The fourth-order valence-corrected chi connectivity index (χ4v) is 2.65. The summed E-state index contributed by atoms with van der Waals surface area (Å²) in [5.74, 6) is 0.00443.